The predicted octanol–water partition coefficient (Wildman–Crippen LogP) is 3.41. The SMILES string of the molecule is C/C(CCC(C)C)=N/NC(=O)COc1ccc2c(C)cc(=O)oc2c1. The van der Waals surface area contributed by atoms with E-state index < -0.39 is 5.63 Å². The molecule has 134 valence electrons. The van der Waals surface area contributed by atoms with Crippen molar-refractivity contribution < 1.29 is 13.9 Å². The van der Waals surface area contributed by atoms with Gasteiger partial charge >= 0.3 is 5.63 Å². The highest BCUT2D eigenvalue weighted by Crippen LogP contribution is 2.22. The number of benzene rings is 1. The van der Waals surface area contributed by atoms with Gasteiger partial charge in [0.05, 0.1) is 0 Å². The van der Waals surface area contributed by atoms with Gasteiger partial charge in [0.2, 0.25) is 0 Å². The van der Waals surface area contributed by atoms with Crippen molar-refractivity contribution in [3.05, 3.63) is 40.2 Å². The molecule has 6 nitrogen and oxygen atoms in total. The second-order valence-corrected chi connectivity index (χ2v) is 6.51. The molecule has 1 amide bonds. The van der Waals surface area contributed by atoms with Crippen LogP contribution in [0.5, 0.6) is 5.75 Å². The molecule has 0 bridgehead atoms. The van der Waals surface area contributed by atoms with Crippen molar-refractivity contribution in [1.82, 2.24) is 5.43 Å². The van der Waals surface area contributed by atoms with Crippen LogP contribution in [0.4, 0.5) is 0 Å². The first-order valence-corrected chi connectivity index (χ1v) is 8.34. The number of fused-ring (bicyclic) bond motifs is 1. The minimum Gasteiger partial charge on any atom is -0.484 e. The largest absolute Gasteiger partial charge is 0.484 e. The second-order valence-electron chi connectivity index (χ2n) is 6.51. The standard InChI is InChI=1S/C19H24N2O4/c1-12(2)5-6-14(4)20-21-18(22)11-24-15-7-8-16-13(3)9-19(23)25-17(16)10-15/h7-10,12H,5-6,11H2,1-4H3,(H,21,22)/b20-14-. The fourth-order valence-corrected chi connectivity index (χ4v) is 2.29. The number of nitrogens with one attached hydrogen (secondary N) is 1. The van der Waals surface area contributed by atoms with Crippen LogP contribution in [-0.4, -0.2) is 18.2 Å². The summed E-state index contributed by atoms with van der Waals surface area (Å²) in [6.45, 7) is 7.85. The van der Waals surface area contributed by atoms with Crippen molar-refractivity contribution in [3.8, 4) is 5.75 Å². The summed E-state index contributed by atoms with van der Waals surface area (Å²) in [6.07, 6.45) is 1.88. The number of ether oxygens (including phenoxy) is 1. The molecule has 1 aromatic heterocycles. The van der Waals surface area contributed by atoms with E-state index in [9.17, 15) is 9.59 Å². The third-order valence-corrected chi connectivity index (χ3v) is 3.75. The fourth-order valence-electron chi connectivity index (χ4n) is 2.29. The maximum Gasteiger partial charge on any atom is 0.336 e. The van der Waals surface area contributed by atoms with Crippen LogP contribution in [0.25, 0.3) is 11.0 Å². The molecule has 0 radical (unpaired) electrons. The Morgan fingerprint density at radius 3 is 2.80 bits per heavy atom. The maximum atomic E-state index is 11.8. The first kappa shape index (κ1) is 18.7. The molecule has 0 saturated carbocycles. The molecule has 6 heteroatoms. The Morgan fingerprint density at radius 1 is 1.32 bits per heavy atom. The summed E-state index contributed by atoms with van der Waals surface area (Å²) in [5.41, 5.74) is 4.22. The van der Waals surface area contributed by atoms with Crippen LogP contribution < -0.4 is 15.8 Å². The first-order valence-electron chi connectivity index (χ1n) is 8.34. The van der Waals surface area contributed by atoms with Gasteiger partial charge in [0.1, 0.15) is 11.3 Å². The number of amides is 1. The number of rotatable bonds is 7. The quantitative estimate of drug-likeness (QED) is 0.474. The molecule has 0 saturated heterocycles. The molecule has 2 rings (SSSR count). The lowest BCUT2D eigenvalue weighted by molar-refractivity contribution is -0.123. The molecule has 0 unspecified atom stereocenters. The van der Waals surface area contributed by atoms with E-state index in [0.717, 1.165) is 29.5 Å². The molecule has 0 aliphatic rings. The summed E-state index contributed by atoms with van der Waals surface area (Å²) >= 11 is 0. The van der Waals surface area contributed by atoms with Crippen LogP contribution in [0.3, 0.4) is 0 Å². The predicted molar refractivity (Wildman–Crippen MR) is 98.0 cm³/mol. The molecule has 25 heavy (non-hydrogen) atoms. The third-order valence-electron chi connectivity index (χ3n) is 3.75. The molecule has 0 aliphatic carbocycles. The van der Waals surface area contributed by atoms with Gasteiger partial charge < -0.3 is 9.15 Å². The minimum atomic E-state index is -0.411. The normalized spacial score (nSPS) is 11.8. The maximum absolute atomic E-state index is 11.8. The van der Waals surface area contributed by atoms with Gasteiger partial charge in [-0.2, -0.15) is 5.10 Å². The van der Waals surface area contributed by atoms with Crippen LogP contribution in [0, 0.1) is 12.8 Å². The summed E-state index contributed by atoms with van der Waals surface area (Å²) < 4.78 is 10.6. The Hall–Kier alpha value is -2.63. The number of aryl methyl sites for hydroxylation is 1. The van der Waals surface area contributed by atoms with Crippen molar-refractivity contribution in [2.75, 3.05) is 6.61 Å². The second kappa shape index (κ2) is 8.46. The Morgan fingerprint density at radius 2 is 2.08 bits per heavy atom. The molecular formula is C19H24N2O4. The van der Waals surface area contributed by atoms with Crippen LogP contribution in [0.1, 0.15) is 39.2 Å². The van der Waals surface area contributed by atoms with Gasteiger partial charge in [-0.3, -0.25) is 4.79 Å². The van der Waals surface area contributed by atoms with E-state index in [2.05, 4.69) is 24.4 Å². The number of hydrogen-bond donors (Lipinski definition) is 1. The van der Waals surface area contributed by atoms with Gasteiger partial charge in [0, 0.05) is 23.2 Å². The molecule has 0 aliphatic heterocycles. The summed E-state index contributed by atoms with van der Waals surface area (Å²) in [5.74, 6) is 0.715. The molecule has 0 fully saturated rings. The number of carbonyl (C=O) groups excluding carboxylic acids is 1. The average molecular weight is 344 g/mol. The lowest BCUT2D eigenvalue weighted by atomic mass is 10.1. The van der Waals surface area contributed by atoms with Gasteiger partial charge in [0.25, 0.3) is 5.91 Å². The first-order chi connectivity index (χ1) is 11.8. The highest BCUT2D eigenvalue weighted by atomic mass is 16.5. The highest BCUT2D eigenvalue weighted by Gasteiger charge is 2.06. The number of hydrogen-bond acceptors (Lipinski definition) is 5. The lowest BCUT2D eigenvalue weighted by Gasteiger charge is -2.07. The van der Waals surface area contributed by atoms with Gasteiger partial charge in [0.15, 0.2) is 6.61 Å². The van der Waals surface area contributed by atoms with Gasteiger partial charge in [-0.25, -0.2) is 10.2 Å². The highest BCUT2D eigenvalue weighted by molar-refractivity contribution is 5.85. The number of nitrogens with zero attached hydrogens (tertiary/aromatic N) is 1. The molecule has 1 heterocycles. The zero-order chi connectivity index (χ0) is 18.4. The van der Waals surface area contributed by atoms with E-state index in [4.69, 9.17) is 9.15 Å². The average Bonchev–Trinajstić information content (AvgIpc) is 2.55. The van der Waals surface area contributed by atoms with Crippen molar-refractivity contribution in [1.29, 1.82) is 0 Å². The molecule has 0 atom stereocenters. The van der Waals surface area contributed by atoms with Crippen LogP contribution >= 0.6 is 0 Å². The van der Waals surface area contributed by atoms with Crippen molar-refractivity contribution in [2.24, 2.45) is 11.0 Å². The molecular weight excluding hydrogens is 320 g/mol. The minimum absolute atomic E-state index is 0.164. The van der Waals surface area contributed by atoms with E-state index in [1.54, 1.807) is 18.2 Å². The Bertz CT molecular complexity index is 837. The van der Waals surface area contributed by atoms with Gasteiger partial charge in [-0.1, -0.05) is 13.8 Å². The van der Waals surface area contributed by atoms with E-state index >= 15 is 0 Å². The molecule has 2 aromatic rings. The Labute approximate surface area is 146 Å². The number of carbonyl (C=O) groups is 1. The van der Waals surface area contributed by atoms with E-state index in [1.165, 1.54) is 6.07 Å². The van der Waals surface area contributed by atoms with E-state index in [1.807, 2.05) is 13.8 Å². The fraction of sp³-hybridized carbons (Fsp3) is 0.421. The third kappa shape index (κ3) is 5.74. The van der Waals surface area contributed by atoms with E-state index in [0.29, 0.717) is 17.3 Å². The molecule has 1 N–H and O–H groups in total. The molecule has 0 spiro atoms. The van der Waals surface area contributed by atoms with E-state index in [-0.39, 0.29) is 12.5 Å². The lowest BCUT2D eigenvalue weighted by Crippen LogP contribution is -2.25. The van der Waals surface area contributed by atoms with Crippen molar-refractivity contribution >= 4 is 22.6 Å². The summed E-state index contributed by atoms with van der Waals surface area (Å²) in [7, 11) is 0. The zero-order valence-electron chi connectivity index (χ0n) is 15.1. The molecule has 1 aromatic carbocycles. The Balaban J connectivity index is 1.92. The summed E-state index contributed by atoms with van der Waals surface area (Å²) in [4.78, 5) is 23.3. The van der Waals surface area contributed by atoms with Crippen molar-refractivity contribution in [2.45, 2.75) is 40.5 Å². The van der Waals surface area contributed by atoms with Crippen LogP contribution in [-0.2, 0) is 4.79 Å². The monoisotopic (exact) mass is 344 g/mol. The van der Waals surface area contributed by atoms with Gasteiger partial charge in [-0.15, -0.1) is 0 Å². The van der Waals surface area contributed by atoms with Crippen LogP contribution in [0.2, 0.25) is 0 Å². The zero-order valence-corrected chi connectivity index (χ0v) is 15.1. The van der Waals surface area contributed by atoms with Crippen LogP contribution in [0.15, 0.2) is 38.6 Å². The summed E-state index contributed by atoms with van der Waals surface area (Å²) in [5, 5.41) is 4.89. The topological polar surface area (TPSA) is 80.9 Å². The smallest absolute Gasteiger partial charge is 0.336 e. The Kier molecular flexibility index (Phi) is 6.33. The van der Waals surface area contributed by atoms with Crippen molar-refractivity contribution in [3.63, 3.8) is 0 Å². The summed E-state index contributed by atoms with van der Waals surface area (Å²) in [6, 6.07) is 6.58. The number of hydrazone groups is 1. The van der Waals surface area contributed by atoms with Gasteiger partial charge in [-0.05, 0) is 50.3 Å².